The van der Waals surface area contributed by atoms with Crippen molar-refractivity contribution in [2.45, 2.75) is 46.6 Å². The Bertz CT molecular complexity index is 446. The molecule has 110 valence electrons. The van der Waals surface area contributed by atoms with Crippen LogP contribution in [0, 0.1) is 0 Å². The molecule has 0 bridgehead atoms. The average molecular weight is 271 g/mol. The van der Waals surface area contributed by atoms with E-state index in [-0.39, 0.29) is 6.04 Å². The van der Waals surface area contributed by atoms with E-state index in [1.54, 1.807) is 0 Å². The number of hydrogen-bond donors (Lipinski definition) is 1. The second kappa shape index (κ2) is 9.19. The smallest absolute Gasteiger partial charge is 0.0471 e. The van der Waals surface area contributed by atoms with Crippen LogP contribution in [0.15, 0.2) is 72.5 Å². The summed E-state index contributed by atoms with van der Waals surface area (Å²) in [7, 11) is 0. The van der Waals surface area contributed by atoms with Crippen molar-refractivity contribution in [1.29, 1.82) is 0 Å². The van der Waals surface area contributed by atoms with Gasteiger partial charge in [0.05, 0.1) is 0 Å². The van der Waals surface area contributed by atoms with Crippen LogP contribution in [-0.2, 0) is 0 Å². The largest absolute Gasteiger partial charge is 0.379 e. The lowest BCUT2D eigenvalue weighted by Crippen LogP contribution is -2.29. The summed E-state index contributed by atoms with van der Waals surface area (Å²) in [4.78, 5) is 0. The highest BCUT2D eigenvalue weighted by molar-refractivity contribution is 5.30. The van der Waals surface area contributed by atoms with Gasteiger partial charge in [-0.15, -0.1) is 0 Å². The molecule has 0 aromatic rings. The molecule has 1 heteroatoms. The molecule has 1 unspecified atom stereocenters. The van der Waals surface area contributed by atoms with Crippen molar-refractivity contribution in [3.63, 3.8) is 0 Å². The van der Waals surface area contributed by atoms with Gasteiger partial charge in [0.15, 0.2) is 0 Å². The third kappa shape index (κ3) is 6.98. The molecule has 1 atom stereocenters. The second-order valence-corrected chi connectivity index (χ2v) is 5.34. The SMILES string of the molecule is C=C(C)C(=C)NC(CC/C(=C/C=C\C)C(=C)C)C(=C)C. The number of nitrogens with one attached hydrogen (secondary N) is 1. The van der Waals surface area contributed by atoms with Gasteiger partial charge in [0, 0.05) is 11.7 Å². The Hall–Kier alpha value is -1.76. The van der Waals surface area contributed by atoms with E-state index in [0.717, 1.165) is 35.3 Å². The first-order valence-corrected chi connectivity index (χ1v) is 7.04. The molecule has 0 rings (SSSR count). The zero-order chi connectivity index (χ0) is 15.7. The van der Waals surface area contributed by atoms with Crippen LogP contribution in [0.1, 0.15) is 40.5 Å². The normalized spacial score (nSPS) is 13.1. The first kappa shape index (κ1) is 18.2. The Morgan fingerprint density at radius 1 is 1.05 bits per heavy atom. The van der Waals surface area contributed by atoms with E-state index < -0.39 is 0 Å². The summed E-state index contributed by atoms with van der Waals surface area (Å²) in [6.45, 7) is 24.1. The summed E-state index contributed by atoms with van der Waals surface area (Å²) in [6.07, 6.45) is 8.15. The fourth-order valence-electron chi connectivity index (χ4n) is 1.73. The first-order valence-electron chi connectivity index (χ1n) is 7.04. The van der Waals surface area contributed by atoms with Gasteiger partial charge in [-0.3, -0.25) is 0 Å². The van der Waals surface area contributed by atoms with Crippen LogP contribution in [0.2, 0.25) is 0 Å². The molecule has 0 heterocycles. The number of hydrogen-bond acceptors (Lipinski definition) is 1. The van der Waals surface area contributed by atoms with Gasteiger partial charge >= 0.3 is 0 Å². The summed E-state index contributed by atoms with van der Waals surface area (Å²) in [5.74, 6) is 0. The maximum absolute atomic E-state index is 4.06. The van der Waals surface area contributed by atoms with Crippen molar-refractivity contribution < 1.29 is 0 Å². The molecule has 0 aliphatic carbocycles. The molecule has 20 heavy (non-hydrogen) atoms. The fourth-order valence-corrected chi connectivity index (χ4v) is 1.73. The molecule has 1 nitrogen and oxygen atoms in total. The predicted molar refractivity (Wildman–Crippen MR) is 92.6 cm³/mol. The van der Waals surface area contributed by atoms with Crippen LogP contribution in [0.25, 0.3) is 0 Å². The molecule has 0 fully saturated rings. The molecule has 0 aliphatic rings. The maximum atomic E-state index is 4.06. The van der Waals surface area contributed by atoms with Crippen LogP contribution in [0.3, 0.4) is 0 Å². The van der Waals surface area contributed by atoms with E-state index in [1.807, 2.05) is 33.8 Å². The monoisotopic (exact) mass is 271 g/mol. The molecule has 0 aromatic heterocycles. The summed E-state index contributed by atoms with van der Waals surface area (Å²) in [6, 6.07) is 0.215. The number of allylic oxidation sites excluding steroid dienone is 6. The van der Waals surface area contributed by atoms with Crippen LogP contribution >= 0.6 is 0 Å². The summed E-state index contributed by atoms with van der Waals surface area (Å²) < 4.78 is 0. The molecule has 0 spiro atoms. The Kier molecular flexibility index (Phi) is 8.38. The van der Waals surface area contributed by atoms with Gasteiger partial charge in [-0.25, -0.2) is 0 Å². The van der Waals surface area contributed by atoms with Crippen molar-refractivity contribution in [3.05, 3.63) is 72.5 Å². The Morgan fingerprint density at radius 3 is 2.05 bits per heavy atom. The second-order valence-electron chi connectivity index (χ2n) is 5.34. The fraction of sp³-hybridized carbons (Fsp3) is 0.368. The van der Waals surface area contributed by atoms with E-state index in [9.17, 15) is 0 Å². The van der Waals surface area contributed by atoms with Gasteiger partial charge < -0.3 is 5.32 Å². The van der Waals surface area contributed by atoms with Gasteiger partial charge in [0.25, 0.3) is 0 Å². The molecule has 0 saturated carbocycles. The van der Waals surface area contributed by atoms with Crippen LogP contribution < -0.4 is 5.32 Å². The predicted octanol–water partition coefficient (Wildman–Crippen LogP) is 5.47. The highest BCUT2D eigenvalue weighted by Gasteiger charge is 2.11. The average Bonchev–Trinajstić information content (AvgIpc) is 2.35. The highest BCUT2D eigenvalue weighted by Crippen LogP contribution is 2.19. The highest BCUT2D eigenvalue weighted by atomic mass is 14.9. The maximum Gasteiger partial charge on any atom is 0.0471 e. The Morgan fingerprint density at radius 2 is 1.65 bits per heavy atom. The van der Waals surface area contributed by atoms with Crippen molar-refractivity contribution in [2.75, 3.05) is 0 Å². The Balaban J connectivity index is 4.76. The lowest BCUT2D eigenvalue weighted by molar-refractivity contribution is 0.595. The molecule has 0 amide bonds. The first-order chi connectivity index (χ1) is 9.29. The van der Waals surface area contributed by atoms with Gasteiger partial charge in [-0.2, -0.15) is 0 Å². The minimum absolute atomic E-state index is 0.215. The quantitative estimate of drug-likeness (QED) is 0.433. The van der Waals surface area contributed by atoms with E-state index in [0.29, 0.717) is 0 Å². The molecule has 0 aliphatic heterocycles. The van der Waals surface area contributed by atoms with Gasteiger partial charge in [0.1, 0.15) is 0 Å². The van der Waals surface area contributed by atoms with Crippen molar-refractivity contribution >= 4 is 0 Å². The van der Waals surface area contributed by atoms with Crippen molar-refractivity contribution in [1.82, 2.24) is 5.32 Å². The minimum atomic E-state index is 0.215. The van der Waals surface area contributed by atoms with E-state index in [2.05, 4.69) is 43.8 Å². The van der Waals surface area contributed by atoms with Crippen LogP contribution in [0.4, 0.5) is 0 Å². The van der Waals surface area contributed by atoms with E-state index in [1.165, 1.54) is 5.57 Å². The topological polar surface area (TPSA) is 12.0 Å². The minimum Gasteiger partial charge on any atom is -0.379 e. The lowest BCUT2D eigenvalue weighted by Gasteiger charge is -2.22. The van der Waals surface area contributed by atoms with Crippen LogP contribution in [-0.4, -0.2) is 6.04 Å². The van der Waals surface area contributed by atoms with Gasteiger partial charge in [-0.1, -0.05) is 55.7 Å². The third-order valence-electron chi connectivity index (χ3n) is 3.20. The number of rotatable bonds is 9. The molecule has 0 aromatic carbocycles. The molecular formula is C19H29N. The zero-order valence-electron chi connectivity index (χ0n) is 13.6. The van der Waals surface area contributed by atoms with E-state index >= 15 is 0 Å². The summed E-state index contributed by atoms with van der Waals surface area (Å²) in [5.41, 5.74) is 5.34. The third-order valence-corrected chi connectivity index (χ3v) is 3.20. The van der Waals surface area contributed by atoms with E-state index in [4.69, 9.17) is 0 Å². The summed E-state index contributed by atoms with van der Waals surface area (Å²) in [5, 5.41) is 3.40. The standard InChI is InChI=1S/C19H29N/c1-9-10-11-18(15(4)5)12-13-19(16(6)7)20-17(8)14(2)3/h9-11,19-20H,2,4,6,8,12-13H2,1,3,5,7H3/b10-9-,18-11-. The van der Waals surface area contributed by atoms with Crippen molar-refractivity contribution in [3.8, 4) is 0 Å². The van der Waals surface area contributed by atoms with Crippen molar-refractivity contribution in [2.24, 2.45) is 0 Å². The molecule has 1 N–H and O–H groups in total. The zero-order valence-corrected chi connectivity index (χ0v) is 13.6. The summed E-state index contributed by atoms with van der Waals surface area (Å²) >= 11 is 0. The van der Waals surface area contributed by atoms with Crippen LogP contribution in [0.5, 0.6) is 0 Å². The lowest BCUT2D eigenvalue weighted by atomic mass is 9.96. The molecule has 0 saturated heterocycles. The Labute approximate surface area is 125 Å². The molecular weight excluding hydrogens is 242 g/mol. The van der Waals surface area contributed by atoms with Gasteiger partial charge in [0.2, 0.25) is 0 Å². The van der Waals surface area contributed by atoms with Gasteiger partial charge in [-0.05, 0) is 51.7 Å². The molecule has 0 radical (unpaired) electrons.